The highest BCUT2D eigenvalue weighted by atomic mass is 79.9. The molecule has 0 aliphatic rings. The first-order valence-electron chi connectivity index (χ1n) is 5.53. The van der Waals surface area contributed by atoms with Crippen molar-refractivity contribution in [1.82, 2.24) is 0 Å². The van der Waals surface area contributed by atoms with Crippen molar-refractivity contribution >= 4 is 43.5 Å². The van der Waals surface area contributed by atoms with Crippen LogP contribution in [0.15, 0.2) is 45.3 Å². The first kappa shape index (κ1) is 15.5. The number of carboxylic acid groups (broad SMARTS) is 1. The second-order valence-electron chi connectivity index (χ2n) is 3.92. The standard InChI is InChI=1S/C13H7Br2NO5/c14-7-1-3-9(13(17)18)11(5-7)21-12-6-8(15)2-4-10(12)16(19)20/h1-6H,(H,17,18). The minimum atomic E-state index is -1.19. The first-order chi connectivity index (χ1) is 9.88. The molecule has 6 nitrogen and oxygen atoms in total. The number of nitrogens with zero attached hydrogens (tertiary/aromatic N) is 1. The van der Waals surface area contributed by atoms with E-state index < -0.39 is 10.9 Å². The van der Waals surface area contributed by atoms with Gasteiger partial charge in [0.05, 0.1) is 4.92 Å². The van der Waals surface area contributed by atoms with Crippen molar-refractivity contribution in [2.75, 3.05) is 0 Å². The monoisotopic (exact) mass is 415 g/mol. The van der Waals surface area contributed by atoms with Crippen LogP contribution < -0.4 is 4.74 Å². The molecule has 2 rings (SSSR count). The third kappa shape index (κ3) is 3.59. The molecular weight excluding hydrogens is 410 g/mol. The van der Waals surface area contributed by atoms with Crippen LogP contribution in [0.25, 0.3) is 0 Å². The van der Waals surface area contributed by atoms with E-state index in [9.17, 15) is 14.9 Å². The van der Waals surface area contributed by atoms with Crippen LogP contribution in [0.3, 0.4) is 0 Å². The molecule has 0 saturated heterocycles. The molecular formula is C13H7Br2NO5. The van der Waals surface area contributed by atoms with Crippen LogP contribution in [-0.2, 0) is 0 Å². The number of benzene rings is 2. The second-order valence-corrected chi connectivity index (χ2v) is 5.75. The predicted octanol–water partition coefficient (Wildman–Crippen LogP) is 4.61. The third-order valence-electron chi connectivity index (χ3n) is 2.51. The zero-order chi connectivity index (χ0) is 15.6. The average molecular weight is 417 g/mol. The number of ether oxygens (including phenoxy) is 1. The van der Waals surface area contributed by atoms with E-state index in [0.717, 1.165) is 0 Å². The van der Waals surface area contributed by atoms with E-state index in [1.165, 1.54) is 30.3 Å². The van der Waals surface area contributed by atoms with Crippen molar-refractivity contribution in [2.45, 2.75) is 0 Å². The largest absolute Gasteiger partial charge is 0.478 e. The lowest BCUT2D eigenvalue weighted by molar-refractivity contribution is -0.385. The predicted molar refractivity (Wildman–Crippen MR) is 82.0 cm³/mol. The van der Waals surface area contributed by atoms with Gasteiger partial charge in [0.15, 0.2) is 0 Å². The Morgan fingerprint density at radius 1 is 1.10 bits per heavy atom. The molecule has 0 aromatic heterocycles. The van der Waals surface area contributed by atoms with Gasteiger partial charge in [-0.2, -0.15) is 0 Å². The number of aromatic carboxylic acids is 1. The lowest BCUT2D eigenvalue weighted by atomic mass is 10.2. The molecule has 0 fully saturated rings. The summed E-state index contributed by atoms with van der Waals surface area (Å²) in [5.74, 6) is -1.22. The van der Waals surface area contributed by atoms with Crippen LogP contribution in [0.5, 0.6) is 11.5 Å². The molecule has 8 heteroatoms. The fourth-order valence-corrected chi connectivity index (χ4v) is 2.28. The lowest BCUT2D eigenvalue weighted by Gasteiger charge is -2.10. The SMILES string of the molecule is O=C(O)c1ccc(Br)cc1Oc1cc(Br)ccc1[N+](=O)[O-]. The van der Waals surface area contributed by atoms with Crippen LogP contribution >= 0.6 is 31.9 Å². The summed E-state index contributed by atoms with van der Waals surface area (Å²) < 4.78 is 6.62. The molecule has 1 N–H and O–H groups in total. The Balaban J connectivity index is 2.52. The van der Waals surface area contributed by atoms with E-state index in [-0.39, 0.29) is 22.7 Å². The highest BCUT2D eigenvalue weighted by Crippen LogP contribution is 2.36. The number of halogens is 2. The van der Waals surface area contributed by atoms with Crippen LogP contribution in [0, 0.1) is 10.1 Å². The molecule has 0 spiro atoms. The molecule has 0 atom stereocenters. The number of hydrogen-bond acceptors (Lipinski definition) is 4. The van der Waals surface area contributed by atoms with Gasteiger partial charge >= 0.3 is 11.7 Å². The second kappa shape index (κ2) is 6.23. The smallest absolute Gasteiger partial charge is 0.339 e. The van der Waals surface area contributed by atoms with Gasteiger partial charge in [-0.25, -0.2) is 4.79 Å². The quantitative estimate of drug-likeness (QED) is 0.580. The van der Waals surface area contributed by atoms with Gasteiger partial charge in [-0.3, -0.25) is 10.1 Å². The Bertz CT molecular complexity index is 671. The normalized spacial score (nSPS) is 10.2. The fourth-order valence-electron chi connectivity index (χ4n) is 1.60. The Hall–Kier alpha value is -1.93. The maximum atomic E-state index is 11.2. The third-order valence-corrected chi connectivity index (χ3v) is 3.50. The summed E-state index contributed by atoms with van der Waals surface area (Å²) in [6, 6.07) is 8.53. The number of rotatable bonds is 4. The van der Waals surface area contributed by atoms with Crippen molar-refractivity contribution in [1.29, 1.82) is 0 Å². The van der Waals surface area contributed by atoms with Gasteiger partial charge in [0.2, 0.25) is 5.75 Å². The number of hydrogen-bond donors (Lipinski definition) is 1. The lowest BCUT2D eigenvalue weighted by Crippen LogP contribution is -2.01. The number of carbonyl (C=O) groups is 1. The molecule has 21 heavy (non-hydrogen) atoms. The highest BCUT2D eigenvalue weighted by molar-refractivity contribution is 9.10. The number of nitro groups is 1. The van der Waals surface area contributed by atoms with Crippen LogP contribution in [0.2, 0.25) is 0 Å². The topological polar surface area (TPSA) is 89.7 Å². The van der Waals surface area contributed by atoms with Gasteiger partial charge < -0.3 is 9.84 Å². The Morgan fingerprint density at radius 3 is 2.24 bits per heavy atom. The van der Waals surface area contributed by atoms with E-state index in [2.05, 4.69) is 31.9 Å². The first-order valence-corrected chi connectivity index (χ1v) is 7.11. The molecule has 108 valence electrons. The van der Waals surface area contributed by atoms with Crippen molar-refractivity contribution in [3.63, 3.8) is 0 Å². The molecule has 2 aromatic carbocycles. The van der Waals surface area contributed by atoms with Gasteiger partial charge in [0.25, 0.3) is 0 Å². The average Bonchev–Trinajstić information content (AvgIpc) is 2.38. The van der Waals surface area contributed by atoms with Gasteiger partial charge in [0.1, 0.15) is 11.3 Å². The summed E-state index contributed by atoms with van der Waals surface area (Å²) in [6.07, 6.45) is 0. The summed E-state index contributed by atoms with van der Waals surface area (Å²) in [6.45, 7) is 0. The molecule has 0 aliphatic heterocycles. The van der Waals surface area contributed by atoms with Gasteiger partial charge in [-0.15, -0.1) is 0 Å². The molecule has 0 radical (unpaired) electrons. The van der Waals surface area contributed by atoms with E-state index in [0.29, 0.717) is 8.95 Å². The van der Waals surface area contributed by atoms with Crippen LogP contribution in [-0.4, -0.2) is 16.0 Å². The minimum Gasteiger partial charge on any atom is -0.478 e. The molecule has 2 aromatic rings. The van der Waals surface area contributed by atoms with Crippen molar-refractivity contribution in [2.24, 2.45) is 0 Å². The fraction of sp³-hybridized carbons (Fsp3) is 0. The summed E-state index contributed by atoms with van der Waals surface area (Å²) in [7, 11) is 0. The molecule has 0 amide bonds. The summed E-state index contributed by atoms with van der Waals surface area (Å²) >= 11 is 6.40. The molecule has 0 bridgehead atoms. The number of carboxylic acids is 1. The summed E-state index contributed by atoms with van der Waals surface area (Å²) in [4.78, 5) is 21.6. The van der Waals surface area contributed by atoms with E-state index in [1.807, 2.05) is 0 Å². The molecule has 0 unspecified atom stereocenters. The maximum Gasteiger partial charge on any atom is 0.339 e. The van der Waals surface area contributed by atoms with Crippen molar-refractivity contribution in [3.05, 3.63) is 61.0 Å². The van der Waals surface area contributed by atoms with E-state index >= 15 is 0 Å². The zero-order valence-electron chi connectivity index (χ0n) is 10.2. The molecule has 0 heterocycles. The highest BCUT2D eigenvalue weighted by Gasteiger charge is 2.19. The zero-order valence-corrected chi connectivity index (χ0v) is 13.4. The summed E-state index contributed by atoms with van der Waals surface area (Å²) in [5.41, 5.74) is -0.345. The Labute approximate surface area is 135 Å². The minimum absolute atomic E-state index is 0.0121. The summed E-state index contributed by atoms with van der Waals surface area (Å²) in [5, 5.41) is 20.1. The van der Waals surface area contributed by atoms with Gasteiger partial charge in [-0.05, 0) is 24.3 Å². The van der Waals surface area contributed by atoms with Crippen molar-refractivity contribution in [3.8, 4) is 11.5 Å². The molecule has 0 aliphatic carbocycles. The maximum absolute atomic E-state index is 11.2. The van der Waals surface area contributed by atoms with E-state index in [1.54, 1.807) is 6.07 Å². The van der Waals surface area contributed by atoms with Crippen molar-refractivity contribution < 1.29 is 19.6 Å². The molecule has 0 saturated carbocycles. The van der Waals surface area contributed by atoms with E-state index in [4.69, 9.17) is 9.84 Å². The van der Waals surface area contributed by atoms with Crippen LogP contribution in [0.1, 0.15) is 10.4 Å². The Kier molecular flexibility index (Phi) is 4.59. The van der Waals surface area contributed by atoms with Gasteiger partial charge in [-0.1, -0.05) is 31.9 Å². The Morgan fingerprint density at radius 2 is 1.67 bits per heavy atom. The van der Waals surface area contributed by atoms with Crippen LogP contribution in [0.4, 0.5) is 5.69 Å². The number of nitro benzene ring substituents is 1. The van der Waals surface area contributed by atoms with Gasteiger partial charge in [0, 0.05) is 21.1 Å².